The molecule has 76 valence electrons. The molecule has 0 amide bonds. The molecule has 0 atom stereocenters. The Hall–Kier alpha value is -1.81. The van der Waals surface area contributed by atoms with Crippen molar-refractivity contribution in [1.82, 2.24) is 5.16 Å². The van der Waals surface area contributed by atoms with E-state index in [1.54, 1.807) is 6.07 Å². The highest BCUT2D eigenvalue weighted by atomic mass is 16.5. The summed E-state index contributed by atoms with van der Waals surface area (Å²) in [7, 11) is 0. The van der Waals surface area contributed by atoms with Gasteiger partial charge < -0.3 is 15.0 Å². The van der Waals surface area contributed by atoms with E-state index >= 15 is 0 Å². The lowest BCUT2D eigenvalue weighted by Gasteiger charge is -1.99. The van der Waals surface area contributed by atoms with Crippen LogP contribution in [0, 0.1) is 0 Å². The van der Waals surface area contributed by atoms with Gasteiger partial charge in [0.05, 0.1) is 13.2 Å². The fraction of sp³-hybridized carbons (Fsp3) is 0.182. The van der Waals surface area contributed by atoms with E-state index < -0.39 is 0 Å². The second-order valence-corrected chi connectivity index (χ2v) is 3.59. The van der Waals surface area contributed by atoms with Crippen LogP contribution in [-0.4, -0.2) is 5.16 Å². The van der Waals surface area contributed by atoms with Gasteiger partial charge in [-0.2, -0.15) is 0 Å². The first kappa shape index (κ1) is 8.49. The number of rotatable bonds is 1. The normalized spacial score (nSPS) is 14.1. The van der Waals surface area contributed by atoms with E-state index in [-0.39, 0.29) is 0 Å². The minimum atomic E-state index is 0.404. The average Bonchev–Trinajstić information content (AvgIpc) is 2.84. The molecule has 0 bridgehead atoms. The summed E-state index contributed by atoms with van der Waals surface area (Å²) >= 11 is 0. The second-order valence-electron chi connectivity index (χ2n) is 3.59. The van der Waals surface area contributed by atoms with Crippen LogP contribution in [0.15, 0.2) is 28.8 Å². The van der Waals surface area contributed by atoms with Crippen molar-refractivity contribution in [3.8, 4) is 11.3 Å². The molecule has 1 aromatic heterocycles. The maximum Gasteiger partial charge on any atom is 0.169 e. The Bertz CT molecular complexity index is 505. The van der Waals surface area contributed by atoms with Crippen LogP contribution in [0.4, 0.5) is 5.82 Å². The third-order valence-electron chi connectivity index (χ3n) is 2.53. The lowest BCUT2D eigenvalue weighted by Crippen LogP contribution is -1.83. The molecule has 3 rings (SSSR count). The third-order valence-corrected chi connectivity index (χ3v) is 2.53. The molecule has 1 aliphatic rings. The zero-order valence-electron chi connectivity index (χ0n) is 8.06. The van der Waals surface area contributed by atoms with Crippen LogP contribution in [0.1, 0.15) is 11.1 Å². The van der Waals surface area contributed by atoms with Crippen LogP contribution in [0.25, 0.3) is 11.3 Å². The molecule has 1 aromatic carbocycles. The monoisotopic (exact) mass is 202 g/mol. The molecule has 2 heterocycles. The quantitative estimate of drug-likeness (QED) is 0.767. The van der Waals surface area contributed by atoms with Crippen LogP contribution in [0.5, 0.6) is 0 Å². The lowest BCUT2D eigenvalue weighted by atomic mass is 10.1. The maximum atomic E-state index is 5.50. The highest BCUT2D eigenvalue weighted by molar-refractivity contribution is 5.61. The van der Waals surface area contributed by atoms with E-state index in [0.29, 0.717) is 24.8 Å². The SMILES string of the molecule is Nc1cc(-c2ccc3c(c2)COC3)on1. The Morgan fingerprint density at radius 1 is 1.13 bits per heavy atom. The molecule has 0 radical (unpaired) electrons. The van der Waals surface area contributed by atoms with Crippen molar-refractivity contribution in [2.24, 2.45) is 0 Å². The zero-order valence-corrected chi connectivity index (χ0v) is 8.06. The number of fused-ring (bicyclic) bond motifs is 1. The van der Waals surface area contributed by atoms with E-state index in [4.69, 9.17) is 15.0 Å². The number of hydrogen-bond donors (Lipinski definition) is 1. The number of nitrogens with zero attached hydrogens (tertiary/aromatic N) is 1. The zero-order chi connectivity index (χ0) is 10.3. The van der Waals surface area contributed by atoms with E-state index in [1.807, 2.05) is 6.07 Å². The van der Waals surface area contributed by atoms with Gasteiger partial charge in [-0.15, -0.1) is 0 Å². The molecule has 2 N–H and O–H groups in total. The van der Waals surface area contributed by atoms with Crippen molar-refractivity contribution in [2.75, 3.05) is 5.73 Å². The van der Waals surface area contributed by atoms with Gasteiger partial charge in [-0.3, -0.25) is 0 Å². The summed E-state index contributed by atoms with van der Waals surface area (Å²) in [5, 5.41) is 3.66. The van der Waals surface area contributed by atoms with Crippen LogP contribution < -0.4 is 5.73 Å². The van der Waals surface area contributed by atoms with Crippen molar-refractivity contribution in [1.29, 1.82) is 0 Å². The topological polar surface area (TPSA) is 61.3 Å². The van der Waals surface area contributed by atoms with Crippen molar-refractivity contribution >= 4 is 5.82 Å². The van der Waals surface area contributed by atoms with Gasteiger partial charge in [-0.1, -0.05) is 17.3 Å². The van der Waals surface area contributed by atoms with Crippen molar-refractivity contribution in [3.63, 3.8) is 0 Å². The highest BCUT2D eigenvalue weighted by Crippen LogP contribution is 2.27. The summed E-state index contributed by atoms with van der Waals surface area (Å²) < 4.78 is 10.4. The molecule has 2 aromatic rings. The molecule has 0 fully saturated rings. The van der Waals surface area contributed by atoms with E-state index in [1.165, 1.54) is 11.1 Å². The van der Waals surface area contributed by atoms with Gasteiger partial charge in [0.2, 0.25) is 0 Å². The fourth-order valence-electron chi connectivity index (χ4n) is 1.75. The number of hydrogen-bond acceptors (Lipinski definition) is 4. The van der Waals surface area contributed by atoms with Crippen molar-refractivity contribution in [3.05, 3.63) is 35.4 Å². The van der Waals surface area contributed by atoms with E-state index in [2.05, 4.69) is 17.3 Å². The molecule has 1 aliphatic heterocycles. The Morgan fingerprint density at radius 2 is 2.00 bits per heavy atom. The first-order valence-corrected chi connectivity index (χ1v) is 4.75. The molecule has 0 saturated heterocycles. The number of nitrogen functional groups attached to an aromatic ring is 1. The van der Waals surface area contributed by atoms with E-state index in [9.17, 15) is 0 Å². The molecule has 4 heteroatoms. The van der Waals surface area contributed by atoms with Crippen LogP contribution >= 0.6 is 0 Å². The molecule has 0 spiro atoms. The molecule has 15 heavy (non-hydrogen) atoms. The van der Waals surface area contributed by atoms with Gasteiger partial charge >= 0.3 is 0 Å². The smallest absolute Gasteiger partial charge is 0.169 e. The number of benzene rings is 1. The number of aromatic nitrogens is 1. The lowest BCUT2D eigenvalue weighted by molar-refractivity contribution is 0.134. The number of anilines is 1. The standard InChI is InChI=1S/C11H10N2O2/c12-11-4-10(15-13-11)7-1-2-8-5-14-6-9(8)3-7/h1-4H,5-6H2,(H2,12,13). The minimum absolute atomic E-state index is 0.404. The summed E-state index contributed by atoms with van der Waals surface area (Å²) in [6.07, 6.45) is 0. The van der Waals surface area contributed by atoms with Gasteiger partial charge in [0.1, 0.15) is 0 Å². The summed E-state index contributed by atoms with van der Waals surface area (Å²) in [4.78, 5) is 0. The fourth-order valence-corrected chi connectivity index (χ4v) is 1.75. The summed E-state index contributed by atoms with van der Waals surface area (Å²) in [6, 6.07) is 7.82. The molecule has 0 aliphatic carbocycles. The molecular weight excluding hydrogens is 192 g/mol. The second kappa shape index (κ2) is 3.10. The van der Waals surface area contributed by atoms with Gasteiger partial charge in [0.25, 0.3) is 0 Å². The summed E-state index contributed by atoms with van der Waals surface area (Å²) in [5.74, 6) is 1.10. The minimum Gasteiger partial charge on any atom is -0.381 e. The highest BCUT2D eigenvalue weighted by Gasteiger charge is 2.13. The Labute approximate surface area is 86.6 Å². The van der Waals surface area contributed by atoms with Gasteiger partial charge in [0.15, 0.2) is 11.6 Å². The molecular formula is C11H10N2O2. The first-order chi connectivity index (χ1) is 7.33. The number of ether oxygens (including phenoxy) is 1. The maximum absolute atomic E-state index is 5.50. The van der Waals surface area contributed by atoms with Gasteiger partial charge in [-0.05, 0) is 17.2 Å². The first-order valence-electron chi connectivity index (χ1n) is 4.75. The van der Waals surface area contributed by atoms with E-state index in [0.717, 1.165) is 5.56 Å². The van der Waals surface area contributed by atoms with Crippen molar-refractivity contribution in [2.45, 2.75) is 13.2 Å². The number of nitrogens with two attached hydrogens (primary N) is 1. The third kappa shape index (κ3) is 1.39. The Balaban J connectivity index is 2.06. The largest absolute Gasteiger partial charge is 0.381 e. The summed E-state index contributed by atoms with van der Waals surface area (Å²) in [5.41, 5.74) is 8.94. The molecule has 4 nitrogen and oxygen atoms in total. The Morgan fingerprint density at radius 3 is 2.80 bits per heavy atom. The van der Waals surface area contributed by atoms with Crippen LogP contribution in [-0.2, 0) is 18.0 Å². The average molecular weight is 202 g/mol. The predicted molar refractivity (Wildman–Crippen MR) is 54.8 cm³/mol. The predicted octanol–water partition coefficient (Wildman–Crippen LogP) is 1.95. The van der Waals surface area contributed by atoms with Crippen LogP contribution in [0.2, 0.25) is 0 Å². The van der Waals surface area contributed by atoms with Crippen molar-refractivity contribution < 1.29 is 9.26 Å². The Kier molecular flexibility index (Phi) is 1.76. The summed E-state index contributed by atoms with van der Waals surface area (Å²) in [6.45, 7) is 1.38. The van der Waals surface area contributed by atoms with Gasteiger partial charge in [-0.25, -0.2) is 0 Å². The molecule has 0 unspecified atom stereocenters. The van der Waals surface area contributed by atoms with Crippen LogP contribution in [0.3, 0.4) is 0 Å². The molecule has 0 saturated carbocycles. The van der Waals surface area contributed by atoms with Gasteiger partial charge in [0, 0.05) is 11.6 Å².